The fraction of sp³-hybridized carbons (Fsp3) is 0.292. The van der Waals surface area contributed by atoms with Crippen molar-refractivity contribution in [3.05, 3.63) is 258 Å². The Hall–Kier alpha value is -10.9. The van der Waals surface area contributed by atoms with Gasteiger partial charge in [-0.2, -0.15) is 0 Å². The third-order valence-corrected chi connectivity index (χ3v) is 22.5. The van der Waals surface area contributed by atoms with Crippen LogP contribution in [0.1, 0.15) is 168 Å². The van der Waals surface area contributed by atoms with E-state index in [1.807, 2.05) is 72.2 Å². The molecule has 0 saturated carbocycles. The number of furan rings is 4. The molecule has 570 valence electrons. The van der Waals surface area contributed by atoms with E-state index >= 15 is 0 Å². The largest absolute Gasteiger partial charge is 0.455 e. The van der Waals surface area contributed by atoms with Gasteiger partial charge < -0.3 is 17.7 Å². The molecule has 0 fully saturated rings. The SMILES string of the molecule is Cc1cc(-c2c(C)cc(C)c3c2oc2cc(F)ccc23)[n+](C)cc1C(C)C.Cc1cc(-c2c(C)cc(F)c3c2oc2c(C)c(F)ccc23)[n+](C)cc1C(C)C.Cc1cc(-c2c(C)ccc3c2oc2c(C)c(F)cc(F)c23)[n+](C)cc1C(C)C.Cc1cc(-c2c(C)ccc3c2oc2cc(F)c(C)c(F)c23)[n+](C)cc1C(C)C. The Balaban J connectivity index is 0.000000130. The van der Waals surface area contributed by atoms with E-state index in [1.165, 1.54) is 81.8 Å². The summed E-state index contributed by atoms with van der Waals surface area (Å²) in [5, 5.41) is 5.06. The van der Waals surface area contributed by atoms with Crippen molar-refractivity contribution < 1.29 is 66.7 Å². The molecular formula is C96H97F7N4O4+4. The summed E-state index contributed by atoms with van der Waals surface area (Å²) in [6.45, 7) is 40.7. The van der Waals surface area contributed by atoms with Crippen LogP contribution in [-0.4, -0.2) is 0 Å². The van der Waals surface area contributed by atoms with Crippen molar-refractivity contribution in [2.75, 3.05) is 0 Å². The number of pyridine rings is 4. The normalized spacial score (nSPS) is 11.9. The third-order valence-electron chi connectivity index (χ3n) is 22.5. The molecule has 16 rings (SSSR count). The lowest BCUT2D eigenvalue weighted by Crippen LogP contribution is -2.32. The van der Waals surface area contributed by atoms with Crippen LogP contribution in [0, 0.1) is 124 Å². The highest BCUT2D eigenvalue weighted by molar-refractivity contribution is 6.14. The lowest BCUT2D eigenvalue weighted by Gasteiger charge is -2.12. The van der Waals surface area contributed by atoms with Crippen molar-refractivity contribution in [3.8, 4) is 45.0 Å². The van der Waals surface area contributed by atoms with E-state index in [4.69, 9.17) is 17.7 Å². The summed E-state index contributed by atoms with van der Waals surface area (Å²) >= 11 is 0. The number of nitrogens with zero attached hydrogens (tertiary/aromatic N) is 4. The van der Waals surface area contributed by atoms with E-state index in [1.54, 1.807) is 19.9 Å². The standard InChI is InChI=1S/3C24H24F2NO.C24H25FNO/c1-12(2)17-11-27(6)20(10-13(17)3)21-14(4)9-19(26)22-16-7-8-18(25)15(5)23(16)28-24(21)22;1-12(2)17-11-27(6)20(9-14(17)4)21-13(3)7-8-16-22-19(26)10-18(25)15(5)23(22)28-24(16)21;1-12(2)17-11-27(6)19(9-14(17)4)21-13(3)7-8-16-22-20(28-24(16)21)10-18(25)15(5)23(22)26;1-13(2)19-12-26(6)20(10-14(19)3)23-16(5)9-15(4)22-18-8-7-17(25)11-21(18)27-24(22)23/h3*7-12H,1-6H3;7-13H,1-6H3/q4*+1. The quantitative estimate of drug-likeness (QED) is 0.112. The molecule has 0 radical (unpaired) electrons. The number of hydrogen-bond donors (Lipinski definition) is 0. The molecule has 8 nitrogen and oxygen atoms in total. The van der Waals surface area contributed by atoms with E-state index in [0.717, 1.165) is 95.3 Å². The summed E-state index contributed by atoms with van der Waals surface area (Å²) < 4.78 is 133. The molecular weight excluding hydrogens is 1410 g/mol. The second-order valence-electron chi connectivity index (χ2n) is 31.8. The zero-order chi connectivity index (χ0) is 80.4. The Kier molecular flexibility index (Phi) is 20.9. The van der Waals surface area contributed by atoms with Crippen molar-refractivity contribution in [3.63, 3.8) is 0 Å². The lowest BCUT2D eigenvalue weighted by molar-refractivity contribution is -0.661. The molecule has 8 aromatic carbocycles. The molecule has 0 unspecified atom stereocenters. The second-order valence-corrected chi connectivity index (χ2v) is 31.8. The van der Waals surface area contributed by atoms with Crippen LogP contribution in [0.3, 0.4) is 0 Å². The molecule has 0 aliphatic heterocycles. The Morgan fingerprint density at radius 1 is 0.261 bits per heavy atom. The molecule has 8 heterocycles. The molecule has 8 aromatic heterocycles. The van der Waals surface area contributed by atoms with Crippen LogP contribution in [0.5, 0.6) is 0 Å². The van der Waals surface area contributed by atoms with Crippen LogP contribution in [0.4, 0.5) is 30.7 Å². The number of rotatable bonds is 8. The Labute approximate surface area is 644 Å². The van der Waals surface area contributed by atoms with Crippen molar-refractivity contribution >= 4 is 87.8 Å². The summed E-state index contributed by atoms with van der Waals surface area (Å²) in [5.41, 5.74) is 27.7. The minimum absolute atomic E-state index is 0.0139. The fourth-order valence-corrected chi connectivity index (χ4v) is 16.5. The van der Waals surface area contributed by atoms with E-state index < -0.39 is 23.3 Å². The van der Waals surface area contributed by atoms with Gasteiger partial charge in [-0.25, -0.2) is 49.0 Å². The maximum atomic E-state index is 14.9. The third kappa shape index (κ3) is 13.7. The minimum atomic E-state index is -0.595. The van der Waals surface area contributed by atoms with Crippen LogP contribution >= 0.6 is 0 Å². The Morgan fingerprint density at radius 3 is 1.10 bits per heavy atom. The van der Waals surface area contributed by atoms with Crippen molar-refractivity contribution in [2.45, 2.75) is 162 Å². The van der Waals surface area contributed by atoms with Gasteiger partial charge in [0.1, 0.15) is 108 Å². The fourth-order valence-electron chi connectivity index (χ4n) is 16.5. The zero-order valence-corrected chi connectivity index (χ0v) is 68.0. The predicted octanol–water partition coefficient (Wildman–Crippen LogP) is 25.5. The monoisotopic (exact) mass is 1500 g/mol. The molecule has 0 N–H and O–H groups in total. The van der Waals surface area contributed by atoms with Gasteiger partial charge in [0.25, 0.3) is 0 Å². The van der Waals surface area contributed by atoms with Gasteiger partial charge in [-0.3, -0.25) is 0 Å². The van der Waals surface area contributed by atoms with Crippen LogP contribution in [0.15, 0.2) is 146 Å². The Morgan fingerprint density at radius 2 is 0.622 bits per heavy atom. The van der Waals surface area contributed by atoms with Crippen molar-refractivity contribution in [1.29, 1.82) is 0 Å². The van der Waals surface area contributed by atoms with Gasteiger partial charge in [-0.05, 0) is 187 Å². The van der Waals surface area contributed by atoms with E-state index in [0.29, 0.717) is 95.0 Å². The lowest BCUT2D eigenvalue weighted by atomic mass is 9.94. The van der Waals surface area contributed by atoms with Crippen LogP contribution in [-0.2, 0) is 28.2 Å². The number of fused-ring (bicyclic) bond motifs is 12. The summed E-state index contributed by atoms with van der Waals surface area (Å²) in [6.07, 6.45) is 8.61. The second kappa shape index (κ2) is 29.7. The number of halogens is 7. The average Bonchev–Trinajstić information content (AvgIpc) is 1.61. The Bertz CT molecular complexity index is 6510. The molecule has 0 amide bonds. The summed E-state index contributed by atoms with van der Waals surface area (Å²) in [7, 11) is 8.08. The summed E-state index contributed by atoms with van der Waals surface area (Å²) in [6, 6.07) is 30.0. The van der Waals surface area contributed by atoms with Crippen LogP contribution in [0.2, 0.25) is 0 Å². The highest BCUT2D eigenvalue weighted by Crippen LogP contribution is 2.46. The van der Waals surface area contributed by atoms with E-state index in [9.17, 15) is 30.7 Å². The molecule has 0 spiro atoms. The molecule has 111 heavy (non-hydrogen) atoms. The molecule has 16 aromatic rings. The first-order valence-electron chi connectivity index (χ1n) is 37.9. The predicted molar refractivity (Wildman–Crippen MR) is 434 cm³/mol. The van der Waals surface area contributed by atoms with E-state index in [2.05, 4.69) is 177 Å². The van der Waals surface area contributed by atoms with Crippen LogP contribution < -0.4 is 18.3 Å². The van der Waals surface area contributed by atoms with Gasteiger partial charge in [0.05, 0.1) is 38.4 Å². The molecule has 0 saturated heterocycles. The summed E-state index contributed by atoms with van der Waals surface area (Å²) in [4.78, 5) is 0. The number of aromatic nitrogens is 4. The number of hydrogen-bond acceptors (Lipinski definition) is 4. The first-order chi connectivity index (χ1) is 52.4. The molecule has 0 atom stereocenters. The van der Waals surface area contributed by atoms with Gasteiger partial charge in [0.15, 0.2) is 30.4 Å². The zero-order valence-electron chi connectivity index (χ0n) is 68.0. The first kappa shape index (κ1) is 78.2. The smallest absolute Gasteiger partial charge is 0.216 e. The highest BCUT2D eigenvalue weighted by Gasteiger charge is 2.31. The van der Waals surface area contributed by atoms with E-state index in [-0.39, 0.29) is 34.2 Å². The van der Waals surface area contributed by atoms with Gasteiger partial charge in [0, 0.05) is 108 Å². The number of benzene rings is 8. The van der Waals surface area contributed by atoms with Gasteiger partial charge in [0.2, 0.25) is 22.8 Å². The van der Waals surface area contributed by atoms with Gasteiger partial charge >= 0.3 is 0 Å². The van der Waals surface area contributed by atoms with Crippen molar-refractivity contribution in [1.82, 2.24) is 0 Å². The maximum Gasteiger partial charge on any atom is 0.216 e. The first-order valence-corrected chi connectivity index (χ1v) is 37.9. The van der Waals surface area contributed by atoms with Crippen LogP contribution in [0.25, 0.3) is 133 Å². The summed E-state index contributed by atoms with van der Waals surface area (Å²) in [5.74, 6) is -1.60. The maximum absolute atomic E-state index is 14.9. The molecule has 0 aliphatic carbocycles. The highest BCUT2D eigenvalue weighted by atomic mass is 19.2. The molecule has 0 bridgehead atoms. The minimum Gasteiger partial charge on any atom is -0.455 e. The van der Waals surface area contributed by atoms with Gasteiger partial charge in [-0.15, -0.1) is 0 Å². The van der Waals surface area contributed by atoms with Gasteiger partial charge in [-0.1, -0.05) is 85.7 Å². The number of aryl methyl sites for hydroxylation is 15. The molecule has 15 heteroatoms. The average molecular weight is 1500 g/mol. The molecule has 0 aliphatic rings. The van der Waals surface area contributed by atoms with Crippen molar-refractivity contribution in [2.24, 2.45) is 28.2 Å². The topological polar surface area (TPSA) is 68.1 Å².